The first-order valence-electron chi connectivity index (χ1n) is 9.38. The van der Waals surface area contributed by atoms with Gasteiger partial charge < -0.3 is 20.3 Å². The number of thiazole rings is 1. The van der Waals surface area contributed by atoms with Gasteiger partial charge in [0.2, 0.25) is 0 Å². The minimum atomic E-state index is 0. The summed E-state index contributed by atoms with van der Waals surface area (Å²) in [4.78, 5) is 12.6. The number of ether oxygens (including phenoxy) is 1. The summed E-state index contributed by atoms with van der Waals surface area (Å²) in [6, 6.07) is 8.57. The Balaban J connectivity index is 0.00000280. The molecule has 0 bridgehead atoms. The van der Waals surface area contributed by atoms with E-state index in [1.807, 2.05) is 19.2 Å². The Morgan fingerprint density at radius 2 is 2.14 bits per heavy atom. The van der Waals surface area contributed by atoms with E-state index < -0.39 is 0 Å². The Morgan fingerprint density at radius 3 is 2.82 bits per heavy atom. The minimum absolute atomic E-state index is 0. The van der Waals surface area contributed by atoms with Crippen molar-refractivity contribution in [1.29, 1.82) is 0 Å². The Kier molecular flexibility index (Phi) is 8.81. The Morgan fingerprint density at radius 1 is 1.36 bits per heavy atom. The third-order valence-electron chi connectivity index (χ3n) is 4.82. The van der Waals surface area contributed by atoms with Crippen LogP contribution in [0.25, 0.3) is 0 Å². The first kappa shape index (κ1) is 22.7. The summed E-state index contributed by atoms with van der Waals surface area (Å²) in [5, 5.41) is 8.12. The van der Waals surface area contributed by atoms with Gasteiger partial charge in [-0.25, -0.2) is 4.98 Å². The molecule has 1 fully saturated rings. The van der Waals surface area contributed by atoms with Crippen molar-refractivity contribution in [3.8, 4) is 5.75 Å². The molecule has 6 nitrogen and oxygen atoms in total. The number of anilines is 1. The van der Waals surface area contributed by atoms with Gasteiger partial charge >= 0.3 is 0 Å². The van der Waals surface area contributed by atoms with Crippen molar-refractivity contribution in [1.82, 2.24) is 15.6 Å². The van der Waals surface area contributed by atoms with Gasteiger partial charge in [0.15, 0.2) is 5.96 Å². The molecular formula is C20H30IN5OS. The topological polar surface area (TPSA) is 61.8 Å². The molecule has 1 aromatic carbocycles. The van der Waals surface area contributed by atoms with E-state index in [9.17, 15) is 0 Å². The molecular weight excluding hydrogens is 485 g/mol. The average Bonchev–Trinajstić information content (AvgIpc) is 3.26. The molecule has 2 N–H and O–H groups in total. The quantitative estimate of drug-likeness (QED) is 0.351. The highest BCUT2D eigenvalue weighted by molar-refractivity contribution is 14.0. The first-order valence-corrected chi connectivity index (χ1v) is 10.2. The van der Waals surface area contributed by atoms with Gasteiger partial charge in [-0.05, 0) is 32.4 Å². The van der Waals surface area contributed by atoms with Crippen LogP contribution in [0.2, 0.25) is 0 Å². The van der Waals surface area contributed by atoms with Crippen molar-refractivity contribution >= 4 is 47.0 Å². The van der Waals surface area contributed by atoms with Crippen molar-refractivity contribution in [2.45, 2.75) is 32.7 Å². The zero-order valence-corrected chi connectivity index (χ0v) is 20.1. The third-order valence-corrected chi connectivity index (χ3v) is 5.96. The van der Waals surface area contributed by atoms with E-state index in [0.717, 1.165) is 60.6 Å². The molecule has 1 aliphatic heterocycles. The van der Waals surface area contributed by atoms with E-state index in [4.69, 9.17) is 4.74 Å². The standard InChI is InChI=1S/C20H29N5OS.HI/c1-14-19(27-15(2)23-14)9-11-22-20(21-3)24-16-10-12-25(13-16)17-7-5-6-8-18(17)26-4;/h5-8,16H,9-13H2,1-4H3,(H2,21,22,24);1H. The molecule has 1 atom stereocenters. The van der Waals surface area contributed by atoms with E-state index in [0.29, 0.717) is 6.04 Å². The van der Waals surface area contributed by atoms with Gasteiger partial charge in [0.25, 0.3) is 0 Å². The number of aryl methyl sites for hydroxylation is 2. The van der Waals surface area contributed by atoms with E-state index in [1.165, 1.54) is 4.88 Å². The molecule has 1 saturated heterocycles. The number of aromatic nitrogens is 1. The van der Waals surface area contributed by atoms with Gasteiger partial charge in [-0.2, -0.15) is 0 Å². The van der Waals surface area contributed by atoms with Gasteiger partial charge in [0, 0.05) is 44.0 Å². The summed E-state index contributed by atoms with van der Waals surface area (Å²) in [7, 11) is 3.55. The molecule has 0 aliphatic carbocycles. The second-order valence-corrected chi connectivity index (χ2v) is 8.03. The molecule has 28 heavy (non-hydrogen) atoms. The molecule has 2 aromatic rings. The second kappa shape index (κ2) is 10.8. The van der Waals surface area contributed by atoms with E-state index >= 15 is 0 Å². The first-order chi connectivity index (χ1) is 13.1. The van der Waals surface area contributed by atoms with E-state index in [1.54, 1.807) is 18.4 Å². The maximum atomic E-state index is 5.50. The number of rotatable bonds is 6. The van der Waals surface area contributed by atoms with Crippen LogP contribution in [-0.2, 0) is 6.42 Å². The number of para-hydroxylation sites is 2. The number of halogens is 1. The van der Waals surface area contributed by atoms with Crippen LogP contribution in [0.15, 0.2) is 29.3 Å². The lowest BCUT2D eigenvalue weighted by Gasteiger charge is -2.22. The summed E-state index contributed by atoms with van der Waals surface area (Å²) in [6.45, 7) is 6.94. The summed E-state index contributed by atoms with van der Waals surface area (Å²) < 4.78 is 5.50. The summed E-state index contributed by atoms with van der Waals surface area (Å²) in [6.07, 6.45) is 2.04. The van der Waals surface area contributed by atoms with E-state index in [2.05, 4.69) is 51.5 Å². The van der Waals surface area contributed by atoms with Gasteiger partial charge in [0.1, 0.15) is 5.75 Å². The molecule has 0 spiro atoms. The summed E-state index contributed by atoms with van der Waals surface area (Å²) in [5.74, 6) is 1.79. The average molecular weight is 515 g/mol. The normalized spacial score (nSPS) is 16.6. The molecule has 154 valence electrons. The smallest absolute Gasteiger partial charge is 0.191 e. The molecule has 8 heteroatoms. The van der Waals surface area contributed by atoms with Gasteiger partial charge in [-0.3, -0.25) is 4.99 Å². The highest BCUT2D eigenvalue weighted by Gasteiger charge is 2.25. The van der Waals surface area contributed by atoms with Crippen molar-refractivity contribution in [2.24, 2.45) is 4.99 Å². The van der Waals surface area contributed by atoms with Crippen LogP contribution >= 0.6 is 35.3 Å². The maximum Gasteiger partial charge on any atom is 0.191 e. The fourth-order valence-electron chi connectivity index (χ4n) is 3.48. The summed E-state index contributed by atoms with van der Waals surface area (Å²) >= 11 is 1.78. The van der Waals surface area contributed by atoms with Crippen molar-refractivity contribution < 1.29 is 4.74 Å². The van der Waals surface area contributed by atoms with Crippen LogP contribution in [-0.4, -0.2) is 50.8 Å². The number of guanidine groups is 1. The molecule has 1 aliphatic rings. The fourth-order valence-corrected chi connectivity index (χ4v) is 4.41. The molecule has 0 amide bonds. The highest BCUT2D eigenvalue weighted by atomic mass is 127. The predicted molar refractivity (Wildman–Crippen MR) is 129 cm³/mol. The van der Waals surface area contributed by atoms with Gasteiger partial charge in [0.05, 0.1) is 23.5 Å². The van der Waals surface area contributed by atoms with Gasteiger partial charge in [-0.1, -0.05) is 12.1 Å². The lowest BCUT2D eigenvalue weighted by molar-refractivity contribution is 0.415. The number of nitrogens with zero attached hydrogens (tertiary/aromatic N) is 3. The van der Waals surface area contributed by atoms with Crippen molar-refractivity contribution in [3.05, 3.63) is 39.8 Å². The predicted octanol–water partition coefficient (Wildman–Crippen LogP) is 3.37. The molecule has 0 radical (unpaired) electrons. The lowest BCUT2D eigenvalue weighted by atomic mass is 10.2. The highest BCUT2D eigenvalue weighted by Crippen LogP contribution is 2.30. The number of hydrogen-bond acceptors (Lipinski definition) is 5. The molecule has 2 heterocycles. The van der Waals surface area contributed by atoms with Crippen LogP contribution < -0.4 is 20.3 Å². The van der Waals surface area contributed by atoms with Crippen molar-refractivity contribution in [3.63, 3.8) is 0 Å². The number of methoxy groups -OCH3 is 1. The molecule has 3 rings (SSSR count). The zero-order valence-electron chi connectivity index (χ0n) is 17.0. The number of benzene rings is 1. The number of aliphatic imine (C=N–C) groups is 1. The van der Waals surface area contributed by atoms with Crippen LogP contribution in [0, 0.1) is 13.8 Å². The Hall–Kier alpha value is -1.55. The van der Waals surface area contributed by atoms with E-state index in [-0.39, 0.29) is 24.0 Å². The van der Waals surface area contributed by atoms with Crippen LogP contribution in [0.4, 0.5) is 5.69 Å². The fraction of sp³-hybridized carbons (Fsp3) is 0.500. The Bertz CT molecular complexity index is 795. The monoisotopic (exact) mass is 515 g/mol. The SMILES string of the molecule is CN=C(NCCc1sc(C)nc1C)NC1CCN(c2ccccc2OC)C1.I. The minimum Gasteiger partial charge on any atom is -0.495 e. The molecule has 1 aromatic heterocycles. The number of hydrogen-bond donors (Lipinski definition) is 2. The summed E-state index contributed by atoms with van der Waals surface area (Å²) in [5.41, 5.74) is 2.30. The molecule has 1 unspecified atom stereocenters. The Labute approximate surface area is 188 Å². The van der Waals surface area contributed by atoms with Crippen LogP contribution in [0.5, 0.6) is 5.75 Å². The van der Waals surface area contributed by atoms with Gasteiger partial charge in [-0.15, -0.1) is 35.3 Å². The zero-order chi connectivity index (χ0) is 19.2. The van der Waals surface area contributed by atoms with Crippen LogP contribution in [0.3, 0.4) is 0 Å². The largest absolute Gasteiger partial charge is 0.495 e. The number of nitrogens with one attached hydrogen (secondary N) is 2. The third kappa shape index (κ3) is 5.73. The maximum absolute atomic E-state index is 5.50. The van der Waals surface area contributed by atoms with Crippen LogP contribution in [0.1, 0.15) is 22.0 Å². The molecule has 0 saturated carbocycles. The second-order valence-electron chi connectivity index (χ2n) is 6.74. The van der Waals surface area contributed by atoms with Crippen molar-refractivity contribution in [2.75, 3.05) is 38.7 Å². The lowest BCUT2D eigenvalue weighted by Crippen LogP contribution is -2.45.